The molecule has 1 aliphatic heterocycles. The van der Waals surface area contributed by atoms with Crippen LogP contribution in [0.3, 0.4) is 0 Å². The minimum atomic E-state index is -0.201. The number of carbonyl (C=O) groups is 1. The molecule has 132 valence electrons. The van der Waals surface area contributed by atoms with Gasteiger partial charge in [-0.1, -0.05) is 6.92 Å². The molecule has 4 heterocycles. The molecule has 1 atom stereocenters. The minimum Gasteiger partial charge on any atom is -0.338 e. The topological polar surface area (TPSA) is 59.6 Å². The van der Waals surface area contributed by atoms with Crippen molar-refractivity contribution >= 4 is 33.0 Å². The molecule has 1 amide bonds. The van der Waals surface area contributed by atoms with Crippen molar-refractivity contribution < 1.29 is 4.79 Å². The van der Waals surface area contributed by atoms with Gasteiger partial charge in [0.15, 0.2) is 0 Å². The Labute approximate surface area is 149 Å². The lowest BCUT2D eigenvalue weighted by atomic mass is 10.00. The van der Waals surface area contributed by atoms with Crippen LogP contribution in [0.1, 0.15) is 38.4 Å². The fourth-order valence-corrected chi connectivity index (χ4v) is 4.71. The molecule has 0 aromatic carbocycles. The molecule has 0 radical (unpaired) electrons. The number of likely N-dealkylation sites (tertiary alicyclic amines) is 1. The van der Waals surface area contributed by atoms with E-state index >= 15 is 0 Å². The SMILES string of the molecule is CC[C@H]1CCCCN1C(=O)Cn1nc(C)n2c(cc3sccc32)c1=O. The number of aromatic nitrogens is 3. The van der Waals surface area contributed by atoms with Gasteiger partial charge < -0.3 is 4.90 Å². The molecule has 0 unspecified atom stereocenters. The number of aryl methyl sites for hydroxylation is 1. The molecule has 1 aliphatic rings. The molecule has 7 heteroatoms. The van der Waals surface area contributed by atoms with Crippen LogP contribution in [0.5, 0.6) is 0 Å². The zero-order valence-corrected chi connectivity index (χ0v) is 15.4. The molecule has 6 nitrogen and oxygen atoms in total. The maximum Gasteiger partial charge on any atom is 0.291 e. The number of rotatable bonds is 3. The van der Waals surface area contributed by atoms with Crippen LogP contribution in [-0.2, 0) is 11.3 Å². The number of fused-ring (bicyclic) bond motifs is 3. The Morgan fingerprint density at radius 3 is 3.00 bits per heavy atom. The number of hydrogen-bond acceptors (Lipinski definition) is 4. The predicted molar refractivity (Wildman–Crippen MR) is 99.2 cm³/mol. The highest BCUT2D eigenvalue weighted by Gasteiger charge is 2.26. The van der Waals surface area contributed by atoms with E-state index < -0.39 is 0 Å². The number of nitrogens with zero attached hydrogens (tertiary/aromatic N) is 4. The summed E-state index contributed by atoms with van der Waals surface area (Å²) in [5.41, 5.74) is 1.39. The van der Waals surface area contributed by atoms with Gasteiger partial charge in [0.05, 0.1) is 10.2 Å². The molecule has 0 spiro atoms. The van der Waals surface area contributed by atoms with Crippen molar-refractivity contribution in [2.75, 3.05) is 6.54 Å². The monoisotopic (exact) mass is 358 g/mol. The van der Waals surface area contributed by atoms with Gasteiger partial charge >= 0.3 is 0 Å². The van der Waals surface area contributed by atoms with Crippen molar-refractivity contribution in [3.05, 3.63) is 33.7 Å². The Balaban J connectivity index is 1.70. The molecular weight excluding hydrogens is 336 g/mol. The van der Waals surface area contributed by atoms with Gasteiger partial charge in [-0.3, -0.25) is 14.0 Å². The number of thiophene rings is 1. The fraction of sp³-hybridized carbons (Fsp3) is 0.500. The third-order valence-corrected chi connectivity index (χ3v) is 6.02. The summed E-state index contributed by atoms with van der Waals surface area (Å²) < 4.78 is 4.27. The van der Waals surface area contributed by atoms with Gasteiger partial charge in [0.25, 0.3) is 5.56 Å². The first-order chi connectivity index (χ1) is 12.1. The molecule has 0 bridgehead atoms. The Morgan fingerprint density at radius 1 is 1.36 bits per heavy atom. The van der Waals surface area contributed by atoms with E-state index in [1.165, 1.54) is 11.1 Å². The molecule has 25 heavy (non-hydrogen) atoms. The second kappa shape index (κ2) is 6.29. The number of hydrogen-bond donors (Lipinski definition) is 0. The van der Waals surface area contributed by atoms with Gasteiger partial charge in [0.2, 0.25) is 5.91 Å². The third-order valence-electron chi connectivity index (χ3n) is 5.17. The summed E-state index contributed by atoms with van der Waals surface area (Å²) in [5.74, 6) is 0.722. The van der Waals surface area contributed by atoms with E-state index in [0.717, 1.165) is 41.8 Å². The molecule has 3 aromatic heterocycles. The molecule has 1 saturated heterocycles. The lowest BCUT2D eigenvalue weighted by molar-refractivity contribution is -0.135. The summed E-state index contributed by atoms with van der Waals surface area (Å²) in [4.78, 5) is 27.5. The van der Waals surface area contributed by atoms with E-state index in [9.17, 15) is 9.59 Å². The second-order valence-electron chi connectivity index (χ2n) is 6.69. The number of amides is 1. The summed E-state index contributed by atoms with van der Waals surface area (Å²) in [7, 11) is 0. The third kappa shape index (κ3) is 2.66. The highest BCUT2D eigenvalue weighted by Crippen LogP contribution is 2.24. The first kappa shape index (κ1) is 16.3. The first-order valence-corrected chi connectivity index (χ1v) is 9.74. The van der Waals surface area contributed by atoms with Crippen LogP contribution >= 0.6 is 11.3 Å². The van der Waals surface area contributed by atoms with Crippen LogP contribution in [-0.4, -0.2) is 37.6 Å². The van der Waals surface area contributed by atoms with Gasteiger partial charge in [0, 0.05) is 12.6 Å². The molecule has 0 saturated carbocycles. The Morgan fingerprint density at radius 2 is 2.20 bits per heavy atom. The Kier molecular flexibility index (Phi) is 4.11. The lowest BCUT2D eigenvalue weighted by Gasteiger charge is -2.35. The minimum absolute atomic E-state index is 0.00160. The maximum atomic E-state index is 12.8. The van der Waals surface area contributed by atoms with E-state index in [4.69, 9.17) is 0 Å². The number of piperidine rings is 1. The van der Waals surface area contributed by atoms with E-state index in [-0.39, 0.29) is 18.0 Å². The normalized spacial score (nSPS) is 18.3. The molecule has 3 aromatic rings. The molecule has 4 rings (SSSR count). The van der Waals surface area contributed by atoms with Crippen molar-refractivity contribution in [1.29, 1.82) is 0 Å². The van der Waals surface area contributed by atoms with Gasteiger partial charge in [-0.25, -0.2) is 4.68 Å². The highest BCUT2D eigenvalue weighted by molar-refractivity contribution is 7.17. The average Bonchev–Trinajstić information content (AvgIpc) is 3.20. The van der Waals surface area contributed by atoms with Gasteiger partial charge in [-0.15, -0.1) is 11.3 Å². The predicted octanol–water partition coefficient (Wildman–Crippen LogP) is 2.81. The van der Waals surface area contributed by atoms with Crippen LogP contribution in [0.25, 0.3) is 15.7 Å². The summed E-state index contributed by atoms with van der Waals surface area (Å²) in [6.45, 7) is 4.80. The molecule has 0 N–H and O–H groups in total. The molecular formula is C18H22N4O2S. The first-order valence-electron chi connectivity index (χ1n) is 8.86. The van der Waals surface area contributed by atoms with Crippen molar-refractivity contribution in [2.24, 2.45) is 0 Å². The van der Waals surface area contributed by atoms with Crippen LogP contribution in [0, 0.1) is 6.92 Å². The summed E-state index contributed by atoms with van der Waals surface area (Å²) in [6, 6.07) is 4.18. The van der Waals surface area contributed by atoms with Crippen molar-refractivity contribution in [2.45, 2.75) is 52.1 Å². The van der Waals surface area contributed by atoms with Gasteiger partial charge in [-0.05, 0) is 50.1 Å². The highest BCUT2D eigenvalue weighted by atomic mass is 32.1. The van der Waals surface area contributed by atoms with Gasteiger partial charge in [0.1, 0.15) is 17.9 Å². The summed E-state index contributed by atoms with van der Waals surface area (Å²) in [6.07, 6.45) is 4.22. The Hall–Kier alpha value is -2.15. The smallest absolute Gasteiger partial charge is 0.291 e. The van der Waals surface area contributed by atoms with Crippen molar-refractivity contribution in [3.8, 4) is 0 Å². The van der Waals surface area contributed by atoms with Crippen molar-refractivity contribution in [1.82, 2.24) is 19.1 Å². The second-order valence-corrected chi connectivity index (χ2v) is 7.64. The molecule has 0 aliphatic carbocycles. The quantitative estimate of drug-likeness (QED) is 0.723. The largest absolute Gasteiger partial charge is 0.338 e. The van der Waals surface area contributed by atoms with E-state index in [2.05, 4.69) is 12.0 Å². The summed E-state index contributed by atoms with van der Waals surface area (Å²) >= 11 is 1.60. The van der Waals surface area contributed by atoms with Crippen LogP contribution in [0.2, 0.25) is 0 Å². The van der Waals surface area contributed by atoms with Crippen molar-refractivity contribution in [3.63, 3.8) is 0 Å². The van der Waals surface area contributed by atoms with Crippen LogP contribution in [0.15, 0.2) is 22.3 Å². The standard InChI is InChI=1S/C18H22N4O2S/c1-3-13-6-4-5-8-20(13)17(23)11-21-18(24)15-10-16-14(7-9-25-16)22(15)12(2)19-21/h7,9-10,13H,3-6,8,11H2,1-2H3/t13-/m0/s1. The van der Waals surface area contributed by atoms with Crippen LogP contribution < -0.4 is 5.56 Å². The number of carbonyl (C=O) groups excluding carboxylic acids is 1. The zero-order valence-electron chi connectivity index (χ0n) is 14.6. The molecule has 1 fully saturated rings. The maximum absolute atomic E-state index is 12.8. The van der Waals surface area contributed by atoms with E-state index in [1.54, 1.807) is 11.3 Å². The van der Waals surface area contributed by atoms with Gasteiger partial charge in [-0.2, -0.15) is 5.10 Å². The van der Waals surface area contributed by atoms with Crippen LogP contribution in [0.4, 0.5) is 0 Å². The van der Waals surface area contributed by atoms with E-state index in [1.807, 2.05) is 33.7 Å². The zero-order chi connectivity index (χ0) is 17.6. The average molecular weight is 358 g/mol. The van der Waals surface area contributed by atoms with E-state index in [0.29, 0.717) is 11.6 Å². The summed E-state index contributed by atoms with van der Waals surface area (Å²) in [5, 5.41) is 6.42. The fourth-order valence-electron chi connectivity index (χ4n) is 3.91. The lowest BCUT2D eigenvalue weighted by Crippen LogP contribution is -2.46. The Bertz CT molecular complexity index is 1000.